The van der Waals surface area contributed by atoms with Crippen molar-refractivity contribution in [3.05, 3.63) is 0 Å². The lowest BCUT2D eigenvalue weighted by molar-refractivity contribution is -0.135. The van der Waals surface area contributed by atoms with E-state index in [1.165, 1.54) is 0 Å². The van der Waals surface area contributed by atoms with Crippen molar-refractivity contribution in [2.24, 2.45) is 0 Å². The van der Waals surface area contributed by atoms with Gasteiger partial charge in [0.05, 0.1) is 0 Å². The van der Waals surface area contributed by atoms with Crippen LogP contribution in [0.4, 0.5) is 0 Å². The second-order valence-corrected chi connectivity index (χ2v) is 10.3. The van der Waals surface area contributed by atoms with Crippen LogP contribution < -0.4 is 0 Å². The molecular formula is C11H21NO3Si. The molecule has 0 aromatic carbocycles. The van der Waals surface area contributed by atoms with E-state index in [0.717, 1.165) is 6.42 Å². The number of amides is 1. The summed E-state index contributed by atoms with van der Waals surface area (Å²) >= 11 is 0. The Hall–Kier alpha value is -0.683. The molecule has 1 heterocycles. The molecule has 16 heavy (non-hydrogen) atoms. The third kappa shape index (κ3) is 3.15. The van der Waals surface area contributed by atoms with E-state index >= 15 is 0 Å². The number of nitrogens with zero attached hydrogens (tertiary/aromatic N) is 1. The second-order valence-electron chi connectivity index (χ2n) is 5.24. The first kappa shape index (κ1) is 13.4. The zero-order chi connectivity index (χ0) is 12.3. The van der Waals surface area contributed by atoms with Gasteiger partial charge >= 0.3 is 0 Å². The van der Waals surface area contributed by atoms with Gasteiger partial charge in [-0.2, -0.15) is 0 Å². The predicted octanol–water partition coefficient (Wildman–Crippen LogP) is 1.42. The summed E-state index contributed by atoms with van der Waals surface area (Å²) in [7, 11) is -0.0967. The number of hydrogen-bond donors (Lipinski definition) is 0. The van der Waals surface area contributed by atoms with Gasteiger partial charge in [0.2, 0.25) is 5.91 Å². The first-order chi connectivity index (χ1) is 7.36. The van der Waals surface area contributed by atoms with Crippen molar-refractivity contribution in [2.45, 2.75) is 45.1 Å². The fourth-order valence-electron chi connectivity index (χ4n) is 1.82. The molecule has 1 atom stereocenters. The highest BCUT2D eigenvalue weighted by Gasteiger charge is 2.32. The molecule has 1 rings (SSSR count). The van der Waals surface area contributed by atoms with Crippen molar-refractivity contribution in [3.8, 4) is 0 Å². The van der Waals surface area contributed by atoms with E-state index in [4.69, 9.17) is 4.74 Å². The first-order valence-corrected chi connectivity index (χ1v) is 9.22. The average Bonchev–Trinajstić information content (AvgIpc) is 2.54. The highest BCUT2D eigenvalue weighted by molar-refractivity contribution is 7.03. The molecule has 92 valence electrons. The normalized spacial score (nSPS) is 21.6. The number of methoxy groups -OCH3 is 1. The number of rotatable bonds is 5. The van der Waals surface area contributed by atoms with Crippen molar-refractivity contribution in [3.63, 3.8) is 0 Å². The number of ether oxygens (including phenoxy) is 1. The van der Waals surface area contributed by atoms with Crippen LogP contribution in [0.25, 0.3) is 0 Å². The van der Waals surface area contributed by atoms with Gasteiger partial charge in [-0.05, 0) is 0 Å². The zero-order valence-corrected chi connectivity index (χ0v) is 11.6. The van der Waals surface area contributed by atoms with E-state index in [1.807, 2.05) is 19.6 Å². The van der Waals surface area contributed by atoms with Crippen LogP contribution in [-0.2, 0) is 14.3 Å². The minimum atomic E-state index is -1.70. The summed E-state index contributed by atoms with van der Waals surface area (Å²) in [5, 5.41) is 0.321. The van der Waals surface area contributed by atoms with Gasteiger partial charge < -0.3 is 14.4 Å². The van der Waals surface area contributed by atoms with Gasteiger partial charge in [0.25, 0.3) is 0 Å². The zero-order valence-electron chi connectivity index (χ0n) is 10.6. The minimum Gasteiger partial charge on any atom is -0.362 e. The molecule has 0 radical (unpaired) electrons. The van der Waals surface area contributed by atoms with Crippen molar-refractivity contribution >= 4 is 19.4 Å². The molecule has 4 nitrogen and oxygen atoms in total. The Bertz CT molecular complexity index is 285. The summed E-state index contributed by atoms with van der Waals surface area (Å²) in [6.45, 7) is 6.62. The highest BCUT2D eigenvalue weighted by Crippen LogP contribution is 2.19. The molecule has 0 aliphatic carbocycles. The third-order valence-corrected chi connectivity index (χ3v) is 4.88. The largest absolute Gasteiger partial charge is 0.362 e. The molecule has 1 fully saturated rings. The molecule has 0 spiro atoms. The number of carbonyl (C=O) groups is 2. The lowest BCUT2D eigenvalue weighted by Gasteiger charge is -2.24. The van der Waals surface area contributed by atoms with Crippen LogP contribution in [-0.4, -0.2) is 44.2 Å². The molecule has 0 bridgehead atoms. The van der Waals surface area contributed by atoms with Crippen LogP contribution in [0, 0.1) is 0 Å². The van der Waals surface area contributed by atoms with Crippen LogP contribution in [0.5, 0.6) is 0 Å². The highest BCUT2D eigenvalue weighted by atomic mass is 28.3. The van der Waals surface area contributed by atoms with Crippen molar-refractivity contribution < 1.29 is 14.3 Å². The van der Waals surface area contributed by atoms with Crippen LogP contribution in [0.1, 0.15) is 19.3 Å². The van der Waals surface area contributed by atoms with Crippen LogP contribution in [0.3, 0.4) is 0 Å². The van der Waals surface area contributed by atoms with Crippen molar-refractivity contribution in [2.75, 3.05) is 13.7 Å². The standard InChI is InChI=1S/C11H21NO3Si/c1-15-10-6-5-9(13)12(10)8-7-11(14)16(2,3)4/h10H,5-8H2,1-4H3. The monoisotopic (exact) mass is 243 g/mol. The Morgan fingerprint density at radius 1 is 1.50 bits per heavy atom. The van der Waals surface area contributed by atoms with E-state index in [1.54, 1.807) is 12.0 Å². The molecule has 1 aliphatic heterocycles. The van der Waals surface area contributed by atoms with E-state index in [2.05, 4.69) is 0 Å². The Morgan fingerprint density at radius 2 is 2.12 bits per heavy atom. The predicted molar refractivity (Wildman–Crippen MR) is 64.7 cm³/mol. The average molecular weight is 243 g/mol. The van der Waals surface area contributed by atoms with Gasteiger partial charge in [0.15, 0.2) is 0 Å². The third-order valence-electron chi connectivity index (χ3n) is 2.96. The Balaban J connectivity index is 2.48. The van der Waals surface area contributed by atoms with Crippen LogP contribution >= 0.6 is 0 Å². The summed E-state index contributed by atoms with van der Waals surface area (Å²) in [4.78, 5) is 25.1. The van der Waals surface area contributed by atoms with E-state index in [-0.39, 0.29) is 12.1 Å². The fraction of sp³-hybridized carbons (Fsp3) is 0.818. The Morgan fingerprint density at radius 3 is 2.62 bits per heavy atom. The summed E-state index contributed by atoms with van der Waals surface area (Å²) < 4.78 is 5.22. The molecule has 1 aliphatic rings. The van der Waals surface area contributed by atoms with E-state index in [9.17, 15) is 9.59 Å². The molecular weight excluding hydrogens is 222 g/mol. The van der Waals surface area contributed by atoms with Gasteiger partial charge in [0, 0.05) is 32.9 Å². The first-order valence-electron chi connectivity index (χ1n) is 5.72. The van der Waals surface area contributed by atoms with E-state index in [0.29, 0.717) is 24.8 Å². The fourth-order valence-corrected chi connectivity index (χ4v) is 2.68. The molecule has 0 aromatic heterocycles. The number of hydrogen-bond acceptors (Lipinski definition) is 3. The van der Waals surface area contributed by atoms with Gasteiger partial charge in [0.1, 0.15) is 19.7 Å². The lowest BCUT2D eigenvalue weighted by atomic mass is 10.3. The maximum absolute atomic E-state index is 11.8. The van der Waals surface area contributed by atoms with Crippen molar-refractivity contribution in [1.82, 2.24) is 4.90 Å². The Kier molecular flexibility index (Phi) is 4.26. The SMILES string of the molecule is COC1CCC(=O)N1CCC(=O)[Si](C)(C)C. The molecule has 1 amide bonds. The van der Waals surface area contributed by atoms with Gasteiger partial charge in [-0.3, -0.25) is 4.79 Å². The maximum atomic E-state index is 11.8. The van der Waals surface area contributed by atoms with Gasteiger partial charge in [-0.1, -0.05) is 19.6 Å². The molecule has 1 unspecified atom stereocenters. The molecule has 5 heteroatoms. The summed E-state index contributed by atoms with van der Waals surface area (Å²) in [5.74, 6) is 0.107. The summed E-state index contributed by atoms with van der Waals surface area (Å²) in [5.41, 5.74) is 0. The second kappa shape index (κ2) is 5.10. The van der Waals surface area contributed by atoms with E-state index < -0.39 is 8.07 Å². The van der Waals surface area contributed by atoms with Crippen molar-refractivity contribution in [1.29, 1.82) is 0 Å². The van der Waals surface area contributed by atoms with Crippen LogP contribution in [0.15, 0.2) is 0 Å². The maximum Gasteiger partial charge on any atom is 0.224 e. The topological polar surface area (TPSA) is 46.6 Å². The molecule has 1 saturated heterocycles. The molecule has 0 aromatic rings. The minimum absolute atomic E-state index is 0.107. The Labute approximate surface area is 98.0 Å². The van der Waals surface area contributed by atoms with Crippen LogP contribution in [0.2, 0.25) is 19.6 Å². The number of carbonyl (C=O) groups excluding carboxylic acids is 2. The quantitative estimate of drug-likeness (QED) is 0.686. The lowest BCUT2D eigenvalue weighted by Crippen LogP contribution is -2.40. The molecule has 0 N–H and O–H groups in total. The number of likely N-dealkylation sites (tertiary alicyclic amines) is 1. The van der Waals surface area contributed by atoms with Gasteiger partial charge in [-0.15, -0.1) is 0 Å². The van der Waals surface area contributed by atoms with Gasteiger partial charge in [-0.25, -0.2) is 0 Å². The summed E-state index contributed by atoms with van der Waals surface area (Å²) in [6.07, 6.45) is 1.64. The molecule has 0 saturated carbocycles. The smallest absolute Gasteiger partial charge is 0.224 e. The summed E-state index contributed by atoms with van der Waals surface area (Å²) in [6, 6.07) is 0.